The van der Waals surface area contributed by atoms with Crippen LogP contribution in [0.15, 0.2) is 58.8 Å². The van der Waals surface area contributed by atoms with Crippen molar-refractivity contribution >= 4 is 28.7 Å². The second-order valence-electron chi connectivity index (χ2n) is 7.50. The molecule has 3 rings (SSSR count). The molecule has 2 atom stereocenters. The summed E-state index contributed by atoms with van der Waals surface area (Å²) >= 11 is 1.20. The Balaban J connectivity index is 2.03. The summed E-state index contributed by atoms with van der Waals surface area (Å²) in [6, 6.07) is 12.5. The first kappa shape index (κ1) is 25.4. The molecule has 0 saturated carbocycles. The number of rotatable bonds is 9. The van der Waals surface area contributed by atoms with Crippen molar-refractivity contribution in [2.24, 2.45) is 16.0 Å². The van der Waals surface area contributed by atoms with Crippen LogP contribution < -0.4 is 11.1 Å². The van der Waals surface area contributed by atoms with Gasteiger partial charge in [-0.15, -0.1) is 0 Å². The molecule has 11 heteroatoms. The van der Waals surface area contributed by atoms with Gasteiger partial charge in [-0.25, -0.2) is 13.8 Å². The van der Waals surface area contributed by atoms with Gasteiger partial charge in [0.25, 0.3) is 5.91 Å². The highest BCUT2D eigenvalue weighted by Gasteiger charge is 2.49. The zero-order chi connectivity index (χ0) is 24.7. The molecule has 0 bridgehead atoms. The molecular weight excluding hydrogens is 464 g/mol. The summed E-state index contributed by atoms with van der Waals surface area (Å²) in [7, 11) is 2.81. The lowest BCUT2D eigenvalue weighted by Gasteiger charge is -2.37. The molecule has 34 heavy (non-hydrogen) atoms. The number of thioether (sulfide) groups is 1. The van der Waals surface area contributed by atoms with E-state index in [2.05, 4.69) is 20.4 Å². The fourth-order valence-corrected chi connectivity index (χ4v) is 4.95. The number of carbonyl (C=O) groups is 1. The highest BCUT2D eigenvalue weighted by atomic mass is 32.2. The van der Waals surface area contributed by atoms with Crippen molar-refractivity contribution in [3.63, 3.8) is 0 Å². The van der Waals surface area contributed by atoms with E-state index in [9.17, 15) is 13.6 Å². The Morgan fingerprint density at radius 2 is 2.00 bits per heavy atom. The molecule has 0 saturated heterocycles. The maximum Gasteiger partial charge on any atom is 0.273 e. The van der Waals surface area contributed by atoms with E-state index in [0.717, 1.165) is 23.8 Å². The predicted octanol–water partition coefficient (Wildman–Crippen LogP) is 3.34. The number of ether oxygens (including phenoxy) is 1. The van der Waals surface area contributed by atoms with E-state index in [1.54, 1.807) is 6.92 Å². The van der Waals surface area contributed by atoms with Crippen molar-refractivity contribution in [3.05, 3.63) is 71.3 Å². The molecule has 1 aliphatic rings. The Morgan fingerprint density at radius 1 is 1.26 bits per heavy atom. The van der Waals surface area contributed by atoms with Crippen LogP contribution in [0.2, 0.25) is 0 Å². The quantitative estimate of drug-likeness (QED) is 0.242. The largest absolute Gasteiger partial charge is 0.396 e. The lowest BCUT2D eigenvalue weighted by atomic mass is 9.99. The van der Waals surface area contributed by atoms with Gasteiger partial charge in [-0.3, -0.25) is 4.79 Å². The van der Waals surface area contributed by atoms with E-state index in [1.165, 1.54) is 31.0 Å². The summed E-state index contributed by atoms with van der Waals surface area (Å²) in [4.78, 5) is 17.0. The number of hydrogen-bond donors (Lipinski definition) is 2. The fraction of sp³-hybridized carbons (Fsp3) is 0.348. The van der Waals surface area contributed by atoms with Crippen LogP contribution in [0.1, 0.15) is 30.9 Å². The first-order chi connectivity index (χ1) is 16.3. The molecule has 0 spiro atoms. The maximum atomic E-state index is 14.7. The number of hydrogen-bond acceptors (Lipinski definition) is 6. The average Bonchev–Trinajstić information content (AvgIpc) is 3.23. The van der Waals surface area contributed by atoms with Crippen molar-refractivity contribution in [1.29, 1.82) is 0 Å². The normalized spacial score (nSPS) is 19.0. The molecule has 2 aromatic carbocycles. The van der Waals surface area contributed by atoms with Crippen LogP contribution in [0, 0.1) is 11.6 Å². The highest BCUT2D eigenvalue weighted by Crippen LogP contribution is 2.50. The van der Waals surface area contributed by atoms with Gasteiger partial charge in [0.05, 0.1) is 0 Å². The number of carbonyl (C=O) groups excluding carboxylic acids is 1. The summed E-state index contributed by atoms with van der Waals surface area (Å²) in [6.45, 7) is 2.04. The van der Waals surface area contributed by atoms with Gasteiger partial charge in [-0.2, -0.15) is 5.10 Å². The van der Waals surface area contributed by atoms with Crippen LogP contribution in [-0.4, -0.2) is 48.8 Å². The Morgan fingerprint density at radius 3 is 2.68 bits per heavy atom. The van der Waals surface area contributed by atoms with Crippen LogP contribution in [0.3, 0.4) is 0 Å². The van der Waals surface area contributed by atoms with Gasteiger partial charge in [0.15, 0.2) is 0 Å². The molecule has 2 unspecified atom stereocenters. The minimum absolute atomic E-state index is 0.0136. The molecule has 3 N–H and O–H groups in total. The van der Waals surface area contributed by atoms with E-state index >= 15 is 0 Å². The van der Waals surface area contributed by atoms with Gasteiger partial charge in [-0.1, -0.05) is 42.1 Å². The summed E-state index contributed by atoms with van der Waals surface area (Å²) < 4.78 is 33.9. The van der Waals surface area contributed by atoms with Gasteiger partial charge in [0, 0.05) is 19.2 Å². The van der Waals surface area contributed by atoms with Crippen LogP contribution >= 0.6 is 11.8 Å². The van der Waals surface area contributed by atoms with E-state index in [-0.39, 0.29) is 16.6 Å². The van der Waals surface area contributed by atoms with Crippen LogP contribution in [-0.2, 0) is 19.2 Å². The molecule has 182 valence electrons. The summed E-state index contributed by atoms with van der Waals surface area (Å²) in [5, 5.41) is 12.6. The second kappa shape index (κ2) is 11.3. The Hall–Kier alpha value is -3.18. The number of methoxy groups -OCH3 is 1. The van der Waals surface area contributed by atoms with Crippen molar-refractivity contribution in [2.45, 2.75) is 30.7 Å². The standard InChI is InChI=1S/C23H27F2N5O3S/c1-15(32-2)21(31)30-23(16-8-5-4-6-9-16,12-7-13-27-22(26)29-33-3)34-20(28-30)18-14-17(24)10-11-19(18)25/h4-6,8-11,14-15H,7,12-13H2,1-3H3,(H3,26,27,29). The third-order valence-corrected chi connectivity index (χ3v) is 6.73. The average molecular weight is 492 g/mol. The van der Waals surface area contributed by atoms with E-state index in [0.29, 0.717) is 19.4 Å². The molecule has 1 amide bonds. The number of nitrogens with two attached hydrogens (primary N) is 1. The summed E-state index contributed by atoms with van der Waals surface area (Å²) in [6.07, 6.45) is 0.161. The SMILES string of the molecule is CON=C(N)NCCCC1(c2ccccc2)SC(c2cc(F)ccc2F)=NN1C(=O)C(C)OC. The molecule has 1 heterocycles. The van der Waals surface area contributed by atoms with Crippen molar-refractivity contribution in [3.8, 4) is 0 Å². The molecule has 0 aromatic heterocycles. The van der Waals surface area contributed by atoms with Gasteiger partial charge >= 0.3 is 0 Å². The Labute approximate surface area is 201 Å². The molecule has 0 fully saturated rings. The predicted molar refractivity (Wildman–Crippen MR) is 128 cm³/mol. The molecule has 0 radical (unpaired) electrons. The first-order valence-electron chi connectivity index (χ1n) is 10.6. The lowest BCUT2D eigenvalue weighted by Crippen LogP contribution is -2.46. The molecular formula is C23H27F2N5O3S. The zero-order valence-corrected chi connectivity index (χ0v) is 19.9. The number of amides is 1. The molecule has 2 aromatic rings. The number of nitrogens with zero attached hydrogens (tertiary/aromatic N) is 3. The maximum absolute atomic E-state index is 14.7. The summed E-state index contributed by atoms with van der Waals surface area (Å²) in [5.41, 5.74) is 6.48. The van der Waals surface area contributed by atoms with Crippen LogP contribution in [0.25, 0.3) is 0 Å². The number of guanidine groups is 1. The van der Waals surface area contributed by atoms with E-state index in [4.69, 9.17) is 10.5 Å². The van der Waals surface area contributed by atoms with Crippen LogP contribution in [0.4, 0.5) is 8.78 Å². The van der Waals surface area contributed by atoms with Gasteiger partial charge in [-0.05, 0) is 48.7 Å². The molecule has 0 aliphatic carbocycles. The smallest absolute Gasteiger partial charge is 0.273 e. The van der Waals surface area contributed by atoms with Crippen molar-refractivity contribution in [1.82, 2.24) is 10.3 Å². The van der Waals surface area contributed by atoms with Gasteiger partial charge < -0.3 is 20.6 Å². The monoisotopic (exact) mass is 491 g/mol. The second-order valence-corrected chi connectivity index (χ2v) is 8.77. The van der Waals surface area contributed by atoms with Gasteiger partial charge in [0.1, 0.15) is 34.8 Å². The highest BCUT2D eigenvalue weighted by molar-refractivity contribution is 8.15. The van der Waals surface area contributed by atoms with Crippen LogP contribution in [0.5, 0.6) is 0 Å². The lowest BCUT2D eigenvalue weighted by molar-refractivity contribution is -0.144. The van der Waals surface area contributed by atoms with Crippen molar-refractivity contribution < 1.29 is 23.1 Å². The minimum Gasteiger partial charge on any atom is -0.396 e. The van der Waals surface area contributed by atoms with Crippen molar-refractivity contribution in [2.75, 3.05) is 20.8 Å². The first-order valence-corrected chi connectivity index (χ1v) is 11.4. The number of nitrogens with one attached hydrogen (secondary N) is 1. The number of benzene rings is 2. The van der Waals surface area contributed by atoms with Gasteiger partial charge in [0.2, 0.25) is 5.96 Å². The van der Waals surface area contributed by atoms with E-state index < -0.39 is 28.5 Å². The topological polar surface area (TPSA) is 102 Å². The molecule has 1 aliphatic heterocycles. The van der Waals surface area contributed by atoms with E-state index in [1.807, 2.05) is 30.3 Å². The Bertz CT molecular complexity index is 1070. The number of oxime groups is 1. The number of hydrazone groups is 1. The number of halogens is 2. The summed E-state index contributed by atoms with van der Waals surface area (Å²) in [5.74, 6) is -1.51. The third kappa shape index (κ3) is 5.48. The third-order valence-electron chi connectivity index (χ3n) is 5.28. The minimum atomic E-state index is -1.02. The zero-order valence-electron chi connectivity index (χ0n) is 19.1. The molecule has 8 nitrogen and oxygen atoms in total. The fourth-order valence-electron chi connectivity index (χ4n) is 3.52. The Kier molecular flexibility index (Phi) is 8.46.